The molecule has 6 aromatic rings. The van der Waals surface area contributed by atoms with Crippen LogP contribution in [-0.4, -0.2) is 37.7 Å². The fourth-order valence-corrected chi connectivity index (χ4v) is 11.5. The molecule has 0 atom stereocenters. The van der Waals surface area contributed by atoms with E-state index in [0.29, 0.717) is 0 Å². The first-order chi connectivity index (χ1) is 20.4. The molecule has 6 aliphatic rings. The van der Waals surface area contributed by atoms with Crippen molar-refractivity contribution in [3.63, 3.8) is 0 Å². The van der Waals surface area contributed by atoms with Crippen molar-refractivity contribution in [3.8, 4) is 0 Å². The van der Waals surface area contributed by atoms with E-state index in [0.717, 1.165) is 89.8 Å². The van der Waals surface area contributed by atoms with Gasteiger partial charge in [0.15, 0.2) is 0 Å². The van der Waals surface area contributed by atoms with Crippen molar-refractivity contribution in [1.82, 2.24) is 7.17 Å². The summed E-state index contributed by atoms with van der Waals surface area (Å²) in [7, 11) is 0. The van der Waals surface area contributed by atoms with Gasteiger partial charge >= 0.3 is 235 Å². The third-order valence-electron chi connectivity index (χ3n) is 8.56. The van der Waals surface area contributed by atoms with Crippen LogP contribution in [0.2, 0.25) is 0 Å². The van der Waals surface area contributed by atoms with Gasteiger partial charge in [0.2, 0.25) is 0 Å². The number of amidine groups is 4. The first-order valence-electron chi connectivity index (χ1n) is 13.4. The average molecular weight is 576 g/mol. The molecule has 0 amide bonds. The van der Waals surface area contributed by atoms with Gasteiger partial charge in [0.1, 0.15) is 0 Å². The summed E-state index contributed by atoms with van der Waals surface area (Å²) in [5.74, 6) is 5.59. The van der Waals surface area contributed by atoms with Crippen LogP contribution < -0.4 is 11.0 Å². The Morgan fingerprint density at radius 1 is 0.439 bits per heavy atom. The fourth-order valence-electron chi connectivity index (χ4n) is 6.92. The molecule has 0 N–H and O–H groups in total. The van der Waals surface area contributed by atoms with E-state index >= 15 is 0 Å². The van der Waals surface area contributed by atoms with E-state index in [1.54, 1.807) is 0 Å². The normalized spacial score (nSPS) is 19.2. The Labute approximate surface area is 234 Å². The minimum atomic E-state index is -2.23. The third kappa shape index (κ3) is 1.83. The van der Waals surface area contributed by atoms with E-state index in [4.69, 9.17) is 20.0 Å². The topological polar surface area (TPSA) is 65.3 Å². The van der Waals surface area contributed by atoms with E-state index in [2.05, 4.69) is 111 Å². The van der Waals surface area contributed by atoms with Crippen molar-refractivity contribution in [1.29, 1.82) is 0 Å². The predicted molar refractivity (Wildman–Crippen MR) is 151 cm³/mol. The molecule has 4 aromatic carbocycles. The number of benzene rings is 4. The number of hydrogen-bond acceptors (Lipinski definition) is 4. The summed E-state index contributed by atoms with van der Waals surface area (Å²) in [5.41, 5.74) is 6.28. The Kier molecular flexibility index (Phi) is 2.93. The number of nitrogens with zero attached hydrogens (tertiary/aromatic N) is 8. The molecule has 2 aromatic heterocycles. The average Bonchev–Trinajstić information content (AvgIpc) is 3.74. The van der Waals surface area contributed by atoms with Crippen LogP contribution in [0.5, 0.6) is 0 Å². The summed E-state index contributed by atoms with van der Waals surface area (Å²) in [4.78, 5) is 21.7. The molecular weight excluding hydrogens is 560 g/mol. The maximum absolute atomic E-state index is 5.44. The van der Waals surface area contributed by atoms with Crippen LogP contribution in [0.1, 0.15) is 22.3 Å². The predicted octanol–water partition coefficient (Wildman–Crippen LogP) is 3.80. The van der Waals surface area contributed by atoms with Crippen LogP contribution >= 0.6 is 0 Å². The van der Waals surface area contributed by atoms with Gasteiger partial charge < -0.3 is 0 Å². The molecule has 41 heavy (non-hydrogen) atoms. The van der Waals surface area contributed by atoms with Gasteiger partial charge in [-0.3, -0.25) is 0 Å². The standard InChI is InChI=1S/C32H16N8.Cu/c1-2-10-18-17(9-1)25-33-26(18)38-28-21-13-5-6-14-22(21)30(35-28)40-32-24-16-8-7-15-23(24)31(36-32)39-29-20-12-4-3-11-19(20)27(34-29)37-25;/h1-16H;/q-2;+4. The number of aromatic nitrogens is 2. The second kappa shape index (κ2) is 6.07. The van der Waals surface area contributed by atoms with Crippen LogP contribution in [-0.2, 0) is 13.7 Å². The molecule has 0 aliphatic carbocycles. The fraction of sp³-hybridized carbons (Fsp3) is 0. The number of aliphatic imine (C=N–C) groups is 2. The summed E-state index contributed by atoms with van der Waals surface area (Å²) < 4.78 is 9.64. The molecule has 0 unspecified atom stereocenters. The SMILES string of the molecule is c1ccc2c(c1)C1=Nc3c4ccccc4c4[n]3[Cu]35[n]6c(c7ccccc7c6=NC6=[N+]3C(=N4)c3ccccc36)=NC2=[N+]15. The first-order valence-corrected chi connectivity index (χ1v) is 15.1. The molecule has 12 rings (SSSR count). The summed E-state index contributed by atoms with van der Waals surface area (Å²) in [5, 5.41) is 4.41. The number of hydrogen-bond donors (Lipinski definition) is 0. The Bertz CT molecular complexity index is 2470. The van der Waals surface area contributed by atoms with E-state index in [9.17, 15) is 0 Å². The molecule has 1 spiro atoms. The van der Waals surface area contributed by atoms with Gasteiger partial charge in [-0.25, -0.2) is 0 Å². The van der Waals surface area contributed by atoms with E-state index in [1.165, 1.54) is 0 Å². The Morgan fingerprint density at radius 2 is 0.854 bits per heavy atom. The second-order valence-corrected chi connectivity index (χ2v) is 13.4. The van der Waals surface area contributed by atoms with Gasteiger partial charge in [-0.1, -0.05) is 0 Å². The van der Waals surface area contributed by atoms with Gasteiger partial charge in [-0.15, -0.1) is 0 Å². The van der Waals surface area contributed by atoms with Gasteiger partial charge in [0.25, 0.3) is 0 Å². The number of fused-ring (bicyclic) bond motifs is 12. The zero-order valence-corrected chi connectivity index (χ0v) is 22.1. The summed E-state index contributed by atoms with van der Waals surface area (Å²) in [6.45, 7) is 0. The van der Waals surface area contributed by atoms with Crippen molar-refractivity contribution in [2.45, 2.75) is 0 Å². The van der Waals surface area contributed by atoms with E-state index in [1.807, 2.05) is 0 Å². The molecule has 0 bridgehead atoms. The molecule has 8 nitrogen and oxygen atoms in total. The van der Waals surface area contributed by atoms with Crippen LogP contribution in [0.3, 0.4) is 0 Å². The van der Waals surface area contributed by atoms with Crippen LogP contribution in [0.4, 0.5) is 11.6 Å². The molecule has 0 saturated carbocycles. The number of rotatable bonds is 0. The van der Waals surface area contributed by atoms with Crippen LogP contribution in [0, 0.1) is 0 Å². The zero-order valence-electron chi connectivity index (χ0n) is 21.1. The van der Waals surface area contributed by atoms with Crippen molar-refractivity contribution < 1.29 is 20.9 Å². The molecule has 193 valence electrons. The Balaban J connectivity index is 1.45. The first kappa shape index (κ1) is 19.8. The maximum atomic E-state index is 5.44. The Morgan fingerprint density at radius 3 is 1.34 bits per heavy atom. The van der Waals surface area contributed by atoms with E-state index < -0.39 is 13.7 Å². The van der Waals surface area contributed by atoms with Crippen molar-refractivity contribution in [3.05, 3.63) is 130 Å². The molecule has 0 radical (unpaired) electrons. The van der Waals surface area contributed by atoms with Gasteiger partial charge in [0.05, 0.1) is 0 Å². The summed E-state index contributed by atoms with van der Waals surface area (Å²) in [6, 6.07) is 34.2. The van der Waals surface area contributed by atoms with Crippen LogP contribution in [0.25, 0.3) is 21.5 Å². The summed E-state index contributed by atoms with van der Waals surface area (Å²) >= 11 is -2.23. The van der Waals surface area contributed by atoms with Crippen molar-refractivity contribution in [2.24, 2.45) is 20.0 Å². The van der Waals surface area contributed by atoms with Gasteiger partial charge in [-0.05, 0) is 0 Å². The molecule has 9 heteroatoms. The van der Waals surface area contributed by atoms with E-state index in [-0.39, 0.29) is 0 Å². The quantitative estimate of drug-likeness (QED) is 0.247. The van der Waals surface area contributed by atoms with Crippen molar-refractivity contribution >= 4 is 56.5 Å². The molecule has 6 aliphatic heterocycles. The second-order valence-electron chi connectivity index (χ2n) is 10.6. The molecule has 8 heterocycles. The zero-order chi connectivity index (χ0) is 26.2. The molecule has 0 fully saturated rings. The van der Waals surface area contributed by atoms with Crippen molar-refractivity contribution in [2.75, 3.05) is 0 Å². The molecule has 0 saturated heterocycles. The monoisotopic (exact) mass is 575 g/mol. The third-order valence-corrected chi connectivity index (χ3v) is 12.4. The minimum absolute atomic E-state index is 0.932. The Hall–Kier alpha value is -5.24. The van der Waals surface area contributed by atoms with Gasteiger partial charge in [-0.2, -0.15) is 0 Å². The van der Waals surface area contributed by atoms with Gasteiger partial charge in [0, 0.05) is 0 Å². The summed E-state index contributed by atoms with van der Waals surface area (Å²) in [6.07, 6.45) is 0. The van der Waals surface area contributed by atoms with Crippen LogP contribution in [0.15, 0.2) is 117 Å². The molecular formula is C32H16CuN8+2.